The summed E-state index contributed by atoms with van der Waals surface area (Å²) in [5.74, 6) is 0.970. The van der Waals surface area contributed by atoms with Crippen molar-refractivity contribution in [3.63, 3.8) is 0 Å². The van der Waals surface area contributed by atoms with Gasteiger partial charge in [-0.05, 0) is 98.4 Å². The summed E-state index contributed by atoms with van der Waals surface area (Å²) in [5.41, 5.74) is 4.67. The Morgan fingerprint density at radius 1 is 1.26 bits per heavy atom. The molecule has 2 aliphatic heterocycles. The van der Waals surface area contributed by atoms with E-state index < -0.39 is 5.60 Å². The summed E-state index contributed by atoms with van der Waals surface area (Å²) < 4.78 is 25.2. The van der Waals surface area contributed by atoms with E-state index in [1.54, 1.807) is 0 Å². The standard InChI is InChI=1S/C29H37FN2O3/c1-5-15-34-28(31)32-14-13-24-23(18-32)27-25(33)16-21(17-26(27)35-29(24,3)4)19(2)7-6-8-20-9-11-22(30)12-10-20/h9-12,16-17,19,31,33H,5-8,13-15,18H2,1-4H3. The van der Waals surface area contributed by atoms with E-state index in [0.29, 0.717) is 25.4 Å². The maximum atomic E-state index is 13.1. The van der Waals surface area contributed by atoms with Gasteiger partial charge in [0.1, 0.15) is 22.9 Å². The number of hydrogen-bond donors (Lipinski definition) is 2. The zero-order valence-electron chi connectivity index (χ0n) is 21.3. The molecule has 0 aliphatic carbocycles. The van der Waals surface area contributed by atoms with E-state index >= 15 is 0 Å². The van der Waals surface area contributed by atoms with Crippen LogP contribution in [0.5, 0.6) is 11.5 Å². The fourth-order valence-electron chi connectivity index (χ4n) is 5.18. The Labute approximate surface area is 208 Å². The number of phenolic OH excluding ortho intramolecular Hbond substituents is 1. The highest BCUT2D eigenvalue weighted by Crippen LogP contribution is 2.49. The number of phenols is 1. The number of nitrogens with zero attached hydrogens (tertiary/aromatic N) is 1. The molecule has 2 aromatic rings. The van der Waals surface area contributed by atoms with Crippen molar-refractivity contribution < 1.29 is 19.0 Å². The minimum Gasteiger partial charge on any atom is -0.507 e. The Hall–Kier alpha value is -3.02. The summed E-state index contributed by atoms with van der Waals surface area (Å²) in [6, 6.07) is 10.8. The maximum Gasteiger partial charge on any atom is 0.284 e. The number of halogens is 1. The molecule has 0 saturated carbocycles. The van der Waals surface area contributed by atoms with Crippen LogP contribution in [0.4, 0.5) is 4.39 Å². The van der Waals surface area contributed by atoms with Crippen LogP contribution < -0.4 is 4.74 Å². The number of benzene rings is 2. The van der Waals surface area contributed by atoms with E-state index in [1.807, 2.05) is 30.0 Å². The predicted octanol–water partition coefficient (Wildman–Crippen LogP) is 6.65. The third-order valence-electron chi connectivity index (χ3n) is 7.16. The molecular formula is C29H37FN2O3. The molecule has 1 atom stereocenters. The monoisotopic (exact) mass is 480 g/mol. The van der Waals surface area contributed by atoms with Gasteiger partial charge in [-0.15, -0.1) is 0 Å². The Bertz CT molecular complexity index is 1110. The van der Waals surface area contributed by atoms with Crippen molar-refractivity contribution in [2.45, 2.75) is 71.3 Å². The molecule has 0 amide bonds. The molecular weight excluding hydrogens is 443 g/mol. The van der Waals surface area contributed by atoms with Crippen LogP contribution in [-0.4, -0.2) is 41.3 Å². The van der Waals surface area contributed by atoms with E-state index in [1.165, 1.54) is 17.7 Å². The second-order valence-electron chi connectivity index (χ2n) is 10.2. The van der Waals surface area contributed by atoms with Gasteiger partial charge >= 0.3 is 0 Å². The maximum absolute atomic E-state index is 13.1. The Balaban J connectivity index is 1.52. The number of hydrogen-bond acceptors (Lipinski definition) is 4. The quantitative estimate of drug-likeness (QED) is 0.344. The summed E-state index contributed by atoms with van der Waals surface area (Å²) in [7, 11) is 0. The van der Waals surface area contributed by atoms with E-state index in [9.17, 15) is 9.50 Å². The molecule has 0 fully saturated rings. The average Bonchev–Trinajstić information content (AvgIpc) is 2.82. The molecule has 5 nitrogen and oxygen atoms in total. The van der Waals surface area contributed by atoms with Gasteiger partial charge in [-0.2, -0.15) is 0 Å². The van der Waals surface area contributed by atoms with Crippen molar-refractivity contribution in [3.05, 3.63) is 64.5 Å². The first-order valence-electron chi connectivity index (χ1n) is 12.7. The molecule has 4 rings (SSSR count). The number of rotatable bonds is 7. The van der Waals surface area contributed by atoms with Gasteiger partial charge in [0.25, 0.3) is 6.02 Å². The van der Waals surface area contributed by atoms with Gasteiger partial charge in [0.15, 0.2) is 0 Å². The average molecular weight is 481 g/mol. The zero-order valence-corrected chi connectivity index (χ0v) is 21.3. The van der Waals surface area contributed by atoms with Gasteiger partial charge in [-0.3, -0.25) is 5.41 Å². The van der Waals surface area contributed by atoms with Crippen LogP contribution >= 0.6 is 0 Å². The second-order valence-corrected chi connectivity index (χ2v) is 10.2. The lowest BCUT2D eigenvalue weighted by atomic mass is 9.80. The summed E-state index contributed by atoms with van der Waals surface area (Å²) in [5, 5.41) is 19.5. The first-order chi connectivity index (χ1) is 16.7. The molecule has 0 bridgehead atoms. The van der Waals surface area contributed by atoms with Crippen LogP contribution in [0.15, 0.2) is 42.0 Å². The van der Waals surface area contributed by atoms with Crippen LogP contribution in [0.2, 0.25) is 0 Å². The molecule has 0 spiro atoms. The van der Waals surface area contributed by atoms with Gasteiger partial charge in [-0.1, -0.05) is 26.0 Å². The number of aromatic hydroxyl groups is 1. The molecule has 6 heteroatoms. The fourth-order valence-corrected chi connectivity index (χ4v) is 5.18. The SMILES string of the molecule is CCCOC(=N)N1CCC2=C(C1)c1c(O)cc(C(C)CCCc3ccc(F)cc3)cc1OC2(C)C. The predicted molar refractivity (Wildman–Crippen MR) is 138 cm³/mol. The van der Waals surface area contributed by atoms with Crippen LogP contribution in [-0.2, 0) is 11.2 Å². The van der Waals surface area contributed by atoms with E-state index in [4.69, 9.17) is 14.9 Å². The minimum absolute atomic E-state index is 0.190. The lowest BCUT2D eigenvalue weighted by Gasteiger charge is -2.42. The molecule has 0 saturated heterocycles. The zero-order chi connectivity index (χ0) is 25.2. The topological polar surface area (TPSA) is 65.8 Å². The Morgan fingerprint density at radius 3 is 2.71 bits per heavy atom. The van der Waals surface area contributed by atoms with Crippen molar-refractivity contribution >= 4 is 11.6 Å². The summed E-state index contributed by atoms with van der Waals surface area (Å²) in [6.07, 6.45) is 4.44. The highest BCUT2D eigenvalue weighted by Gasteiger charge is 2.39. The molecule has 35 heavy (non-hydrogen) atoms. The van der Waals surface area contributed by atoms with Crippen LogP contribution in [0, 0.1) is 11.2 Å². The Kier molecular flexibility index (Phi) is 7.39. The number of aryl methyl sites for hydroxylation is 1. The molecule has 2 N–H and O–H groups in total. The largest absolute Gasteiger partial charge is 0.507 e. The third-order valence-corrected chi connectivity index (χ3v) is 7.16. The molecule has 2 aliphatic rings. The van der Waals surface area contributed by atoms with Crippen molar-refractivity contribution in [2.75, 3.05) is 19.7 Å². The first-order valence-corrected chi connectivity index (χ1v) is 12.7. The van der Waals surface area contributed by atoms with Crippen molar-refractivity contribution in [1.29, 1.82) is 5.41 Å². The molecule has 188 valence electrons. The number of ether oxygens (including phenoxy) is 2. The lowest BCUT2D eigenvalue weighted by Crippen LogP contribution is -2.44. The van der Waals surface area contributed by atoms with Crippen LogP contribution in [0.1, 0.15) is 76.0 Å². The molecule has 0 radical (unpaired) electrons. The van der Waals surface area contributed by atoms with Crippen molar-refractivity contribution in [2.24, 2.45) is 0 Å². The summed E-state index contributed by atoms with van der Waals surface area (Å²) in [6.45, 7) is 10.1. The summed E-state index contributed by atoms with van der Waals surface area (Å²) in [4.78, 5) is 1.94. The lowest BCUT2D eigenvalue weighted by molar-refractivity contribution is 0.132. The summed E-state index contributed by atoms with van der Waals surface area (Å²) >= 11 is 0. The molecule has 2 aromatic carbocycles. The molecule has 0 aromatic heterocycles. The van der Waals surface area contributed by atoms with E-state index in [2.05, 4.69) is 26.8 Å². The van der Waals surface area contributed by atoms with Crippen molar-refractivity contribution in [1.82, 2.24) is 4.90 Å². The van der Waals surface area contributed by atoms with E-state index in [0.717, 1.165) is 54.4 Å². The van der Waals surface area contributed by atoms with Gasteiger partial charge in [0.2, 0.25) is 0 Å². The first kappa shape index (κ1) is 25.1. The van der Waals surface area contributed by atoms with E-state index in [-0.39, 0.29) is 23.5 Å². The normalized spacial score (nSPS) is 17.3. The number of amidine groups is 1. The Morgan fingerprint density at radius 2 is 2.00 bits per heavy atom. The molecule has 2 heterocycles. The number of nitrogens with one attached hydrogen (secondary N) is 1. The van der Waals surface area contributed by atoms with Crippen LogP contribution in [0.25, 0.3) is 5.57 Å². The van der Waals surface area contributed by atoms with Gasteiger partial charge < -0.3 is 19.5 Å². The van der Waals surface area contributed by atoms with Gasteiger partial charge in [0, 0.05) is 13.1 Å². The molecule has 1 unspecified atom stereocenters. The van der Waals surface area contributed by atoms with Crippen molar-refractivity contribution in [3.8, 4) is 11.5 Å². The second kappa shape index (κ2) is 10.3. The third kappa shape index (κ3) is 5.47. The van der Waals surface area contributed by atoms with Gasteiger partial charge in [0.05, 0.1) is 12.2 Å². The fraction of sp³-hybridized carbons (Fsp3) is 0.483. The highest BCUT2D eigenvalue weighted by molar-refractivity contribution is 5.85. The minimum atomic E-state index is -0.474. The number of fused-ring (bicyclic) bond motifs is 2. The van der Waals surface area contributed by atoms with Crippen LogP contribution in [0.3, 0.4) is 0 Å². The smallest absolute Gasteiger partial charge is 0.284 e. The van der Waals surface area contributed by atoms with Gasteiger partial charge in [-0.25, -0.2) is 4.39 Å². The highest BCUT2D eigenvalue weighted by atomic mass is 19.1.